The molecular formula is C24H33F3N8O2. The topological polar surface area (TPSA) is 100 Å². The zero-order chi connectivity index (χ0) is 26.2. The number of piperidine rings is 1. The van der Waals surface area contributed by atoms with Crippen LogP contribution in [0.2, 0.25) is 0 Å². The lowest BCUT2D eigenvalue weighted by atomic mass is 9.98. The van der Waals surface area contributed by atoms with E-state index in [1.165, 1.54) is 12.8 Å². The lowest BCUT2D eigenvalue weighted by Crippen LogP contribution is -2.42. The van der Waals surface area contributed by atoms with Gasteiger partial charge in [0.25, 0.3) is 0 Å². The second-order valence-electron chi connectivity index (χ2n) is 10.1. The Bertz CT molecular complexity index is 1110. The molecule has 2 bridgehead atoms. The summed E-state index contributed by atoms with van der Waals surface area (Å²) in [7, 11) is 2.19. The van der Waals surface area contributed by atoms with Crippen LogP contribution in [0.1, 0.15) is 49.4 Å². The number of ether oxygens (including phenoxy) is 1. The Hall–Kier alpha value is -2.93. The minimum atomic E-state index is -4.60. The number of carbonyl (C=O) groups is 1. The molecule has 3 aliphatic rings. The Kier molecular flexibility index (Phi) is 7.26. The van der Waals surface area contributed by atoms with E-state index in [2.05, 4.69) is 37.6 Å². The molecule has 10 nitrogen and oxygen atoms in total. The summed E-state index contributed by atoms with van der Waals surface area (Å²) in [5, 5.41) is 10.5. The molecule has 2 aromatic heterocycles. The molecule has 5 heterocycles. The fourth-order valence-electron chi connectivity index (χ4n) is 5.56. The first-order chi connectivity index (χ1) is 17.7. The Morgan fingerprint density at radius 2 is 1.95 bits per heavy atom. The van der Waals surface area contributed by atoms with Crippen LogP contribution in [0.25, 0.3) is 0 Å². The zero-order valence-electron chi connectivity index (χ0n) is 21.1. The van der Waals surface area contributed by atoms with Gasteiger partial charge in [-0.3, -0.25) is 9.48 Å². The third-order valence-electron chi connectivity index (χ3n) is 7.69. The summed E-state index contributed by atoms with van der Waals surface area (Å²) >= 11 is 0. The molecule has 2 atom stereocenters. The van der Waals surface area contributed by atoms with E-state index in [4.69, 9.17) is 4.74 Å². The second kappa shape index (κ2) is 10.4. The van der Waals surface area contributed by atoms with Gasteiger partial charge in [0.15, 0.2) is 0 Å². The number of nitrogens with one attached hydrogen (secondary N) is 2. The van der Waals surface area contributed by atoms with Gasteiger partial charge in [-0.15, -0.1) is 0 Å². The number of anilines is 3. The van der Waals surface area contributed by atoms with Crippen LogP contribution in [0.4, 0.5) is 30.6 Å². The van der Waals surface area contributed by atoms with Crippen LogP contribution < -0.4 is 10.6 Å². The van der Waals surface area contributed by atoms with Crippen LogP contribution in [0.5, 0.6) is 0 Å². The highest BCUT2D eigenvalue weighted by Crippen LogP contribution is 2.40. The number of morpholine rings is 1. The predicted octanol–water partition coefficient (Wildman–Crippen LogP) is 3.20. The fourth-order valence-corrected chi connectivity index (χ4v) is 5.56. The SMILES string of the molecule is Cc1nn(C2CC3CCC(C2)N3C)cc1Nc1ncc(C(F)(F)F)c(NCCCN2CCOCC2=O)n1. The fraction of sp³-hybridized carbons (Fsp3) is 0.667. The first kappa shape index (κ1) is 25.7. The molecule has 0 aromatic carbocycles. The van der Waals surface area contributed by atoms with Crippen molar-refractivity contribution >= 4 is 23.4 Å². The van der Waals surface area contributed by atoms with Crippen LogP contribution in [0, 0.1) is 6.92 Å². The van der Waals surface area contributed by atoms with Crippen molar-refractivity contribution in [2.75, 3.05) is 50.5 Å². The van der Waals surface area contributed by atoms with Crippen LogP contribution in [-0.2, 0) is 15.7 Å². The van der Waals surface area contributed by atoms with Gasteiger partial charge < -0.3 is 25.2 Å². The van der Waals surface area contributed by atoms with Gasteiger partial charge in [0.1, 0.15) is 18.0 Å². The first-order valence-corrected chi connectivity index (χ1v) is 12.8. The number of aromatic nitrogens is 4. The van der Waals surface area contributed by atoms with E-state index in [1.807, 2.05) is 17.8 Å². The molecular weight excluding hydrogens is 489 g/mol. The van der Waals surface area contributed by atoms with E-state index in [0.29, 0.717) is 49.9 Å². The number of rotatable bonds is 8. The van der Waals surface area contributed by atoms with Crippen LogP contribution in [0.3, 0.4) is 0 Å². The average molecular weight is 523 g/mol. The Morgan fingerprint density at radius 3 is 2.65 bits per heavy atom. The van der Waals surface area contributed by atoms with Crippen molar-refractivity contribution in [1.29, 1.82) is 0 Å². The summed E-state index contributed by atoms with van der Waals surface area (Å²) in [6.45, 7) is 3.51. The molecule has 5 rings (SSSR count). The third-order valence-corrected chi connectivity index (χ3v) is 7.69. The summed E-state index contributed by atoms with van der Waals surface area (Å²) in [6.07, 6.45) is 3.05. The van der Waals surface area contributed by atoms with Gasteiger partial charge in [0.05, 0.1) is 24.0 Å². The van der Waals surface area contributed by atoms with Gasteiger partial charge >= 0.3 is 6.18 Å². The van der Waals surface area contributed by atoms with Gasteiger partial charge in [-0.1, -0.05) is 0 Å². The van der Waals surface area contributed by atoms with Gasteiger partial charge in [0.2, 0.25) is 11.9 Å². The highest BCUT2D eigenvalue weighted by molar-refractivity contribution is 5.77. The predicted molar refractivity (Wildman–Crippen MR) is 131 cm³/mol. The standard InChI is InChI=1S/C24H33F3N8O2/c1-15-20(13-35(32-15)18-10-16-4-5-17(11-18)33(16)2)30-23-29-12-19(24(25,26)27)22(31-23)28-6-3-7-34-8-9-37-14-21(34)36/h12-13,16-18H,3-11,14H2,1-2H3,(H2,28,29,30,31). The molecule has 0 radical (unpaired) electrons. The first-order valence-electron chi connectivity index (χ1n) is 12.8. The van der Waals surface area contributed by atoms with E-state index in [-0.39, 0.29) is 30.8 Å². The van der Waals surface area contributed by atoms with Gasteiger partial charge in [0, 0.05) is 44.1 Å². The largest absolute Gasteiger partial charge is 0.421 e. The molecule has 3 fully saturated rings. The molecule has 0 aliphatic carbocycles. The summed E-state index contributed by atoms with van der Waals surface area (Å²) in [5.74, 6) is -0.347. The number of halogens is 3. The number of alkyl halides is 3. The van der Waals surface area contributed by atoms with Crippen molar-refractivity contribution < 1.29 is 22.7 Å². The molecule has 3 aliphatic heterocycles. The van der Waals surface area contributed by atoms with Gasteiger partial charge in [-0.05, 0) is 46.1 Å². The van der Waals surface area contributed by atoms with Gasteiger partial charge in [-0.2, -0.15) is 23.3 Å². The normalized spacial score (nSPS) is 24.5. The maximum Gasteiger partial charge on any atom is 0.421 e. The maximum atomic E-state index is 13.6. The molecule has 2 aromatic rings. The van der Waals surface area contributed by atoms with Crippen molar-refractivity contribution in [3.8, 4) is 0 Å². The summed E-state index contributed by atoms with van der Waals surface area (Å²) in [6, 6.07) is 1.43. The Labute approximate surface area is 213 Å². The Morgan fingerprint density at radius 1 is 1.19 bits per heavy atom. The lowest BCUT2D eigenvalue weighted by molar-refractivity contribution is -0.142. The van der Waals surface area contributed by atoms with Crippen molar-refractivity contribution in [3.05, 3.63) is 23.7 Å². The lowest BCUT2D eigenvalue weighted by Gasteiger charge is -2.36. The van der Waals surface area contributed by atoms with E-state index in [1.54, 1.807) is 4.90 Å². The van der Waals surface area contributed by atoms with E-state index in [0.717, 1.165) is 24.7 Å². The number of aryl methyl sites for hydroxylation is 1. The number of carbonyl (C=O) groups excluding carboxylic acids is 1. The minimum Gasteiger partial charge on any atom is -0.370 e. The van der Waals surface area contributed by atoms with Crippen LogP contribution >= 0.6 is 0 Å². The third kappa shape index (κ3) is 5.66. The molecule has 37 heavy (non-hydrogen) atoms. The summed E-state index contributed by atoms with van der Waals surface area (Å²) in [5.41, 5.74) is 0.469. The van der Waals surface area contributed by atoms with Crippen molar-refractivity contribution in [1.82, 2.24) is 29.5 Å². The second-order valence-corrected chi connectivity index (χ2v) is 10.1. The van der Waals surface area contributed by atoms with E-state index in [9.17, 15) is 18.0 Å². The van der Waals surface area contributed by atoms with E-state index >= 15 is 0 Å². The quantitative estimate of drug-likeness (QED) is 0.510. The number of hydrogen-bond acceptors (Lipinski definition) is 8. The van der Waals surface area contributed by atoms with E-state index < -0.39 is 11.7 Å². The molecule has 202 valence electrons. The van der Waals surface area contributed by atoms with Crippen LogP contribution in [-0.4, -0.2) is 87.4 Å². The molecule has 1 amide bonds. The Balaban J connectivity index is 1.25. The van der Waals surface area contributed by atoms with Crippen molar-refractivity contribution in [2.45, 2.75) is 63.3 Å². The number of fused-ring (bicyclic) bond motifs is 2. The number of hydrogen-bond donors (Lipinski definition) is 2. The molecule has 2 unspecified atom stereocenters. The van der Waals surface area contributed by atoms with Crippen molar-refractivity contribution in [2.24, 2.45) is 0 Å². The zero-order valence-corrected chi connectivity index (χ0v) is 21.1. The highest BCUT2D eigenvalue weighted by atomic mass is 19.4. The molecule has 2 N–H and O–H groups in total. The van der Waals surface area contributed by atoms with Crippen molar-refractivity contribution in [3.63, 3.8) is 0 Å². The van der Waals surface area contributed by atoms with Crippen LogP contribution in [0.15, 0.2) is 12.4 Å². The number of nitrogens with zero attached hydrogens (tertiary/aromatic N) is 6. The molecule has 0 saturated carbocycles. The molecule has 0 spiro atoms. The molecule has 3 saturated heterocycles. The van der Waals surface area contributed by atoms with Gasteiger partial charge in [-0.25, -0.2) is 4.98 Å². The maximum absolute atomic E-state index is 13.6. The highest BCUT2D eigenvalue weighted by Gasteiger charge is 2.39. The summed E-state index contributed by atoms with van der Waals surface area (Å²) in [4.78, 5) is 24.0. The monoisotopic (exact) mass is 522 g/mol. The summed E-state index contributed by atoms with van der Waals surface area (Å²) < 4.78 is 47.9. The molecule has 13 heteroatoms. The minimum absolute atomic E-state index is 0.0432. The average Bonchev–Trinajstić information content (AvgIpc) is 3.29. The number of amides is 1. The smallest absolute Gasteiger partial charge is 0.370 e.